The van der Waals surface area contributed by atoms with Crippen molar-refractivity contribution >= 4 is 5.69 Å². The number of hydrogen-bond donors (Lipinski definition) is 1. The third-order valence-corrected chi connectivity index (χ3v) is 3.69. The fraction of sp³-hybridized carbons (Fsp3) is 0.600. The molecule has 1 heterocycles. The van der Waals surface area contributed by atoms with Crippen LogP contribution in [0.1, 0.15) is 26.7 Å². The van der Waals surface area contributed by atoms with Crippen LogP contribution in [0.5, 0.6) is 11.5 Å². The largest absolute Gasteiger partial charge is 0.493 e. The van der Waals surface area contributed by atoms with Crippen LogP contribution in [0.4, 0.5) is 5.69 Å². The van der Waals surface area contributed by atoms with E-state index < -0.39 is 0 Å². The Kier molecular flexibility index (Phi) is 4.53. The average Bonchev–Trinajstić information content (AvgIpc) is 2.41. The van der Waals surface area contributed by atoms with Gasteiger partial charge in [0.25, 0.3) is 0 Å². The van der Waals surface area contributed by atoms with E-state index in [1.807, 2.05) is 12.1 Å². The van der Waals surface area contributed by atoms with Crippen LogP contribution in [0.15, 0.2) is 18.2 Å². The summed E-state index contributed by atoms with van der Waals surface area (Å²) in [6, 6.07) is 6.16. The lowest BCUT2D eigenvalue weighted by Crippen LogP contribution is -2.41. The normalized spacial score (nSPS) is 17.7. The molecule has 2 rings (SSSR count). The van der Waals surface area contributed by atoms with Crippen molar-refractivity contribution in [3.8, 4) is 11.5 Å². The number of nitrogens with two attached hydrogens (primary N) is 1. The molecule has 1 saturated heterocycles. The lowest BCUT2D eigenvalue weighted by molar-refractivity contribution is 0.0823. The molecule has 0 unspecified atom stereocenters. The lowest BCUT2D eigenvalue weighted by atomic mass is 10.1. The van der Waals surface area contributed by atoms with Gasteiger partial charge in [-0.3, -0.25) is 0 Å². The molecule has 1 aliphatic heterocycles. The van der Waals surface area contributed by atoms with Gasteiger partial charge in [-0.1, -0.05) is 0 Å². The van der Waals surface area contributed by atoms with Crippen molar-refractivity contribution in [1.29, 1.82) is 0 Å². The van der Waals surface area contributed by atoms with E-state index in [1.54, 1.807) is 13.2 Å². The molecule has 1 aromatic rings. The van der Waals surface area contributed by atoms with Crippen molar-refractivity contribution in [3.63, 3.8) is 0 Å². The third kappa shape index (κ3) is 3.53. The average molecular weight is 264 g/mol. The van der Waals surface area contributed by atoms with Gasteiger partial charge >= 0.3 is 0 Å². The topological polar surface area (TPSA) is 47.7 Å². The zero-order chi connectivity index (χ0) is 13.8. The highest BCUT2D eigenvalue weighted by Gasteiger charge is 2.22. The first-order valence-corrected chi connectivity index (χ1v) is 6.94. The number of benzene rings is 1. The number of anilines is 1. The highest BCUT2D eigenvalue weighted by molar-refractivity contribution is 5.52. The zero-order valence-corrected chi connectivity index (χ0v) is 12.1. The molecule has 0 radical (unpaired) electrons. The van der Waals surface area contributed by atoms with E-state index >= 15 is 0 Å². The maximum absolute atomic E-state index is 6.05. The summed E-state index contributed by atoms with van der Waals surface area (Å²) in [6.45, 7) is 6.67. The second-order valence-corrected chi connectivity index (χ2v) is 5.36. The molecule has 2 N–H and O–H groups in total. The van der Waals surface area contributed by atoms with Crippen molar-refractivity contribution in [3.05, 3.63) is 18.2 Å². The van der Waals surface area contributed by atoms with Crippen LogP contribution in [0, 0.1) is 0 Å². The van der Waals surface area contributed by atoms with Gasteiger partial charge in [-0.25, -0.2) is 0 Å². The molecule has 0 spiro atoms. The molecule has 0 aliphatic carbocycles. The number of likely N-dealkylation sites (tertiary alicyclic amines) is 1. The quantitative estimate of drug-likeness (QED) is 0.849. The van der Waals surface area contributed by atoms with Gasteiger partial charge in [0.2, 0.25) is 0 Å². The number of methoxy groups -OCH3 is 1. The van der Waals surface area contributed by atoms with Crippen LogP contribution in [-0.4, -0.2) is 37.2 Å². The van der Waals surface area contributed by atoms with E-state index in [4.69, 9.17) is 15.2 Å². The van der Waals surface area contributed by atoms with E-state index in [0.29, 0.717) is 17.5 Å². The molecule has 0 atom stereocenters. The molecule has 1 aliphatic rings. The fourth-order valence-corrected chi connectivity index (χ4v) is 2.47. The summed E-state index contributed by atoms with van der Waals surface area (Å²) >= 11 is 0. The first kappa shape index (κ1) is 14.0. The summed E-state index contributed by atoms with van der Waals surface area (Å²) in [5.41, 5.74) is 6.44. The molecule has 0 amide bonds. The summed E-state index contributed by atoms with van der Waals surface area (Å²) < 4.78 is 11.4. The Bertz CT molecular complexity index is 413. The predicted octanol–water partition coefficient (Wildman–Crippen LogP) is 2.53. The second-order valence-electron chi connectivity index (χ2n) is 5.36. The van der Waals surface area contributed by atoms with Crippen LogP contribution < -0.4 is 15.2 Å². The Hall–Kier alpha value is -1.42. The Labute approximate surface area is 115 Å². The van der Waals surface area contributed by atoms with Gasteiger partial charge in [-0.15, -0.1) is 0 Å². The van der Waals surface area contributed by atoms with Gasteiger partial charge in [0.15, 0.2) is 11.5 Å². The fourth-order valence-electron chi connectivity index (χ4n) is 2.47. The molecule has 4 nitrogen and oxygen atoms in total. The number of nitrogen functional groups attached to an aromatic ring is 1. The van der Waals surface area contributed by atoms with Crippen LogP contribution in [0.25, 0.3) is 0 Å². The lowest BCUT2D eigenvalue weighted by Gasteiger charge is -2.34. The summed E-state index contributed by atoms with van der Waals surface area (Å²) in [5.74, 6) is 1.51. The van der Waals surface area contributed by atoms with Crippen LogP contribution in [0.3, 0.4) is 0 Å². The van der Waals surface area contributed by atoms with Gasteiger partial charge in [0.05, 0.1) is 7.11 Å². The first-order chi connectivity index (χ1) is 9.10. The highest BCUT2D eigenvalue weighted by atomic mass is 16.5. The molecule has 1 aromatic carbocycles. The SMILES string of the molecule is COc1cc(N)ccc1OC1CCN(C(C)C)CC1. The summed E-state index contributed by atoms with van der Waals surface area (Å²) in [7, 11) is 1.64. The maximum atomic E-state index is 6.05. The number of piperidine rings is 1. The Balaban J connectivity index is 1.95. The van der Waals surface area contributed by atoms with Gasteiger partial charge < -0.3 is 20.1 Å². The Morgan fingerprint density at radius 2 is 1.89 bits per heavy atom. The van der Waals surface area contributed by atoms with E-state index in [0.717, 1.165) is 31.7 Å². The van der Waals surface area contributed by atoms with E-state index in [2.05, 4.69) is 18.7 Å². The van der Waals surface area contributed by atoms with Gasteiger partial charge in [0.1, 0.15) is 6.10 Å². The monoisotopic (exact) mass is 264 g/mol. The molecule has 0 aromatic heterocycles. The standard InChI is InChI=1S/C15H24N2O2/c1-11(2)17-8-6-13(7-9-17)19-14-5-4-12(16)10-15(14)18-3/h4-5,10-11,13H,6-9,16H2,1-3H3. The maximum Gasteiger partial charge on any atom is 0.162 e. The first-order valence-electron chi connectivity index (χ1n) is 6.94. The predicted molar refractivity (Wildman–Crippen MR) is 77.8 cm³/mol. The molecule has 106 valence electrons. The summed E-state index contributed by atoms with van der Waals surface area (Å²) in [6.07, 6.45) is 2.39. The van der Waals surface area contributed by atoms with Crippen molar-refractivity contribution < 1.29 is 9.47 Å². The molecular weight excluding hydrogens is 240 g/mol. The molecule has 4 heteroatoms. The minimum absolute atomic E-state index is 0.271. The van der Waals surface area contributed by atoms with Crippen molar-refractivity contribution in [2.24, 2.45) is 0 Å². The highest BCUT2D eigenvalue weighted by Crippen LogP contribution is 2.31. The minimum atomic E-state index is 0.271. The van der Waals surface area contributed by atoms with E-state index in [-0.39, 0.29) is 6.10 Å². The summed E-state index contributed by atoms with van der Waals surface area (Å²) in [5, 5.41) is 0. The number of ether oxygens (including phenoxy) is 2. The van der Waals surface area contributed by atoms with Crippen molar-refractivity contribution in [2.75, 3.05) is 25.9 Å². The van der Waals surface area contributed by atoms with Crippen LogP contribution >= 0.6 is 0 Å². The van der Waals surface area contributed by atoms with E-state index in [9.17, 15) is 0 Å². The zero-order valence-electron chi connectivity index (χ0n) is 12.1. The van der Waals surface area contributed by atoms with Gasteiger partial charge in [0, 0.05) is 30.9 Å². The van der Waals surface area contributed by atoms with Gasteiger partial charge in [-0.2, -0.15) is 0 Å². The van der Waals surface area contributed by atoms with Crippen molar-refractivity contribution in [1.82, 2.24) is 4.90 Å². The molecular formula is C15H24N2O2. The molecule has 19 heavy (non-hydrogen) atoms. The smallest absolute Gasteiger partial charge is 0.162 e. The molecule has 0 bridgehead atoms. The number of nitrogens with zero attached hydrogens (tertiary/aromatic N) is 1. The molecule has 0 saturated carbocycles. The Morgan fingerprint density at radius 3 is 2.47 bits per heavy atom. The van der Waals surface area contributed by atoms with Crippen LogP contribution in [-0.2, 0) is 0 Å². The molecule has 1 fully saturated rings. The van der Waals surface area contributed by atoms with Gasteiger partial charge in [-0.05, 0) is 38.8 Å². The second kappa shape index (κ2) is 6.15. The summed E-state index contributed by atoms with van der Waals surface area (Å²) in [4.78, 5) is 2.49. The number of hydrogen-bond acceptors (Lipinski definition) is 4. The van der Waals surface area contributed by atoms with Crippen LogP contribution in [0.2, 0.25) is 0 Å². The number of rotatable bonds is 4. The van der Waals surface area contributed by atoms with E-state index in [1.165, 1.54) is 0 Å². The van der Waals surface area contributed by atoms with Crippen molar-refractivity contribution in [2.45, 2.75) is 38.8 Å². The minimum Gasteiger partial charge on any atom is -0.493 e. The Morgan fingerprint density at radius 1 is 1.21 bits per heavy atom. The third-order valence-electron chi connectivity index (χ3n) is 3.69.